The minimum absolute atomic E-state index is 0.106. The number of fused-ring (bicyclic) bond motifs is 1. The number of pyridine rings is 2. The Morgan fingerprint density at radius 2 is 1.56 bits per heavy atom. The molecule has 0 saturated heterocycles. The summed E-state index contributed by atoms with van der Waals surface area (Å²) in [4.78, 5) is 23.2. The second-order valence-corrected chi connectivity index (χ2v) is 8.34. The van der Waals surface area contributed by atoms with E-state index in [4.69, 9.17) is 4.98 Å². The van der Waals surface area contributed by atoms with E-state index in [1.54, 1.807) is 6.20 Å². The van der Waals surface area contributed by atoms with E-state index in [2.05, 4.69) is 10.3 Å². The summed E-state index contributed by atoms with van der Waals surface area (Å²) in [6, 6.07) is 31.7. The van der Waals surface area contributed by atoms with Crippen LogP contribution in [0, 0.1) is 0 Å². The van der Waals surface area contributed by atoms with E-state index in [9.17, 15) is 4.79 Å². The van der Waals surface area contributed by atoms with Gasteiger partial charge >= 0.3 is 0 Å². The number of para-hydroxylation sites is 1. The van der Waals surface area contributed by atoms with Gasteiger partial charge in [-0.1, -0.05) is 84.9 Å². The van der Waals surface area contributed by atoms with Crippen molar-refractivity contribution in [1.82, 2.24) is 15.3 Å². The first-order valence-corrected chi connectivity index (χ1v) is 11.4. The lowest BCUT2D eigenvalue weighted by Gasteiger charge is -2.20. The molecule has 0 fully saturated rings. The van der Waals surface area contributed by atoms with Gasteiger partial charge in [-0.2, -0.15) is 0 Å². The van der Waals surface area contributed by atoms with Crippen LogP contribution in [-0.2, 0) is 6.42 Å². The second-order valence-electron chi connectivity index (χ2n) is 8.34. The zero-order valence-corrected chi connectivity index (χ0v) is 19.0. The Hall–Kier alpha value is -4.31. The normalized spacial score (nSPS) is 11.8. The molecular formula is C30H25N3O. The molecule has 0 aliphatic heterocycles. The van der Waals surface area contributed by atoms with Gasteiger partial charge in [-0.15, -0.1) is 0 Å². The number of carbonyl (C=O) groups excluding carboxylic acids is 1. The highest BCUT2D eigenvalue weighted by Crippen LogP contribution is 2.32. The molecule has 5 aromatic rings. The molecule has 0 aliphatic carbocycles. The van der Waals surface area contributed by atoms with Crippen LogP contribution in [0.5, 0.6) is 0 Å². The summed E-state index contributed by atoms with van der Waals surface area (Å²) in [7, 11) is 0. The zero-order valence-electron chi connectivity index (χ0n) is 19.0. The van der Waals surface area contributed by atoms with E-state index in [-0.39, 0.29) is 11.9 Å². The largest absolute Gasteiger partial charge is 0.345 e. The molecule has 3 aromatic carbocycles. The minimum atomic E-state index is -0.132. The van der Waals surface area contributed by atoms with Gasteiger partial charge < -0.3 is 5.32 Å². The highest BCUT2D eigenvalue weighted by molar-refractivity contribution is 6.09. The van der Waals surface area contributed by atoms with E-state index < -0.39 is 0 Å². The highest BCUT2D eigenvalue weighted by Gasteiger charge is 2.23. The Balaban J connectivity index is 1.69. The van der Waals surface area contributed by atoms with Crippen molar-refractivity contribution in [3.05, 3.63) is 132 Å². The molecule has 1 atom stereocenters. The van der Waals surface area contributed by atoms with Crippen molar-refractivity contribution in [2.24, 2.45) is 0 Å². The fraction of sp³-hybridized carbons (Fsp3) is 0.100. The van der Waals surface area contributed by atoms with Crippen molar-refractivity contribution in [1.29, 1.82) is 0 Å². The van der Waals surface area contributed by atoms with Crippen molar-refractivity contribution < 1.29 is 4.79 Å². The number of hydrogen-bond acceptors (Lipinski definition) is 3. The Kier molecular flexibility index (Phi) is 6.13. The average Bonchev–Trinajstić information content (AvgIpc) is 2.89. The first kappa shape index (κ1) is 21.5. The fourth-order valence-electron chi connectivity index (χ4n) is 4.32. The van der Waals surface area contributed by atoms with Crippen molar-refractivity contribution in [2.75, 3.05) is 0 Å². The third kappa shape index (κ3) is 4.44. The molecule has 34 heavy (non-hydrogen) atoms. The van der Waals surface area contributed by atoms with Crippen LogP contribution in [0.4, 0.5) is 0 Å². The van der Waals surface area contributed by atoms with Crippen LogP contribution in [0.15, 0.2) is 109 Å². The molecule has 0 spiro atoms. The number of aromatic nitrogens is 2. The van der Waals surface area contributed by atoms with Gasteiger partial charge in [0.2, 0.25) is 0 Å². The van der Waals surface area contributed by atoms with Gasteiger partial charge in [0.1, 0.15) is 0 Å². The number of rotatable bonds is 6. The predicted molar refractivity (Wildman–Crippen MR) is 137 cm³/mol. The van der Waals surface area contributed by atoms with Gasteiger partial charge in [0.05, 0.1) is 22.8 Å². The number of hydrogen-bond donors (Lipinski definition) is 1. The van der Waals surface area contributed by atoms with Gasteiger partial charge in [0, 0.05) is 29.8 Å². The average molecular weight is 444 g/mol. The molecule has 1 amide bonds. The molecule has 166 valence electrons. The molecule has 1 N–H and O–H groups in total. The summed E-state index contributed by atoms with van der Waals surface area (Å²) in [5, 5.41) is 4.07. The Labute approximate surface area is 199 Å². The molecule has 2 aromatic heterocycles. The summed E-state index contributed by atoms with van der Waals surface area (Å²) in [6.07, 6.45) is 4.16. The smallest absolute Gasteiger partial charge is 0.252 e. The number of nitrogens with zero attached hydrogens (tertiary/aromatic N) is 2. The van der Waals surface area contributed by atoms with Crippen LogP contribution in [0.3, 0.4) is 0 Å². The first-order chi connectivity index (χ1) is 16.7. The summed E-state index contributed by atoms with van der Waals surface area (Å²) < 4.78 is 0. The third-order valence-corrected chi connectivity index (χ3v) is 6.02. The number of carbonyl (C=O) groups is 1. The van der Waals surface area contributed by atoms with E-state index in [0.717, 1.165) is 38.9 Å². The molecule has 0 saturated carbocycles. The van der Waals surface area contributed by atoms with E-state index in [1.165, 1.54) is 0 Å². The maximum absolute atomic E-state index is 13.9. The maximum atomic E-state index is 13.9. The third-order valence-electron chi connectivity index (χ3n) is 6.02. The minimum Gasteiger partial charge on any atom is -0.345 e. The van der Waals surface area contributed by atoms with Gasteiger partial charge in [-0.3, -0.25) is 9.78 Å². The standard InChI is InChI=1S/C30H25N3O/c1-21(23-12-4-2-5-13-23)32-30(34)28-25-16-8-9-17-27(25)33-29(24-14-6-3-7-15-24)26(28)19-22-11-10-18-31-20-22/h2-18,20-21H,19H2,1H3,(H,32,34). The summed E-state index contributed by atoms with van der Waals surface area (Å²) in [5.41, 5.74) is 6.26. The molecule has 2 heterocycles. The summed E-state index contributed by atoms with van der Waals surface area (Å²) in [6.45, 7) is 2.01. The van der Waals surface area contributed by atoms with Crippen LogP contribution >= 0.6 is 0 Å². The van der Waals surface area contributed by atoms with Crippen LogP contribution in [0.2, 0.25) is 0 Å². The Bertz CT molecular complexity index is 1420. The molecule has 0 radical (unpaired) electrons. The number of nitrogens with one attached hydrogen (secondary N) is 1. The molecule has 4 nitrogen and oxygen atoms in total. The van der Waals surface area contributed by atoms with Gasteiger partial charge in [-0.25, -0.2) is 4.98 Å². The van der Waals surface area contributed by atoms with Crippen molar-refractivity contribution >= 4 is 16.8 Å². The number of benzene rings is 3. The molecule has 5 rings (SSSR count). The van der Waals surface area contributed by atoms with Crippen LogP contribution in [-0.4, -0.2) is 15.9 Å². The molecule has 0 aliphatic rings. The van der Waals surface area contributed by atoms with Crippen molar-refractivity contribution in [2.45, 2.75) is 19.4 Å². The first-order valence-electron chi connectivity index (χ1n) is 11.4. The molecular weight excluding hydrogens is 418 g/mol. The quantitative estimate of drug-likeness (QED) is 0.331. The highest BCUT2D eigenvalue weighted by atomic mass is 16.1. The monoisotopic (exact) mass is 443 g/mol. The lowest BCUT2D eigenvalue weighted by atomic mass is 9.92. The Morgan fingerprint density at radius 1 is 0.853 bits per heavy atom. The molecule has 0 bridgehead atoms. The molecule has 1 unspecified atom stereocenters. The van der Waals surface area contributed by atoms with Gasteiger partial charge in [0.15, 0.2) is 0 Å². The van der Waals surface area contributed by atoms with E-state index >= 15 is 0 Å². The second kappa shape index (κ2) is 9.67. The molecule has 4 heteroatoms. The summed E-state index contributed by atoms with van der Waals surface area (Å²) in [5.74, 6) is -0.106. The van der Waals surface area contributed by atoms with E-state index in [0.29, 0.717) is 12.0 Å². The fourth-order valence-corrected chi connectivity index (χ4v) is 4.32. The predicted octanol–water partition coefficient (Wildman–Crippen LogP) is 6.38. The summed E-state index contributed by atoms with van der Waals surface area (Å²) >= 11 is 0. The Morgan fingerprint density at radius 3 is 2.29 bits per heavy atom. The van der Waals surface area contributed by atoms with Crippen LogP contribution in [0.1, 0.15) is 40.0 Å². The van der Waals surface area contributed by atoms with Crippen LogP contribution < -0.4 is 5.32 Å². The van der Waals surface area contributed by atoms with Crippen LogP contribution in [0.25, 0.3) is 22.2 Å². The number of amides is 1. The SMILES string of the molecule is CC(NC(=O)c1c(Cc2cccnc2)c(-c2ccccc2)nc2ccccc12)c1ccccc1. The topological polar surface area (TPSA) is 54.9 Å². The van der Waals surface area contributed by atoms with Gasteiger partial charge in [0.25, 0.3) is 5.91 Å². The zero-order chi connectivity index (χ0) is 23.3. The lowest BCUT2D eigenvalue weighted by molar-refractivity contribution is 0.0940. The van der Waals surface area contributed by atoms with Gasteiger partial charge in [-0.05, 0) is 35.7 Å². The van der Waals surface area contributed by atoms with Crippen molar-refractivity contribution in [3.8, 4) is 11.3 Å². The van der Waals surface area contributed by atoms with Crippen molar-refractivity contribution in [3.63, 3.8) is 0 Å². The van der Waals surface area contributed by atoms with E-state index in [1.807, 2.05) is 110 Å². The lowest BCUT2D eigenvalue weighted by Crippen LogP contribution is -2.28. The maximum Gasteiger partial charge on any atom is 0.252 e.